The van der Waals surface area contributed by atoms with Crippen molar-refractivity contribution in [3.8, 4) is 50.3 Å². The van der Waals surface area contributed by atoms with Crippen molar-refractivity contribution in [2.45, 2.75) is 75.2 Å². The number of hydrogen-bond acceptors (Lipinski definition) is 7. The van der Waals surface area contributed by atoms with Gasteiger partial charge in [-0.15, -0.1) is 5.10 Å². The number of rotatable bonds is 7. The van der Waals surface area contributed by atoms with Gasteiger partial charge in [0.2, 0.25) is 0 Å². The van der Waals surface area contributed by atoms with Crippen molar-refractivity contribution in [1.82, 2.24) is 24.3 Å². The van der Waals surface area contributed by atoms with Gasteiger partial charge in [-0.05, 0) is 200 Å². The number of fused-ring (bicyclic) bond motifs is 14. The predicted octanol–water partition coefficient (Wildman–Crippen LogP) is 23.9. The number of aryl methyl sites for hydroxylation is 8. The van der Waals surface area contributed by atoms with Crippen molar-refractivity contribution in [2.75, 3.05) is 26.7 Å². The van der Waals surface area contributed by atoms with E-state index in [2.05, 4.69) is 351 Å². The maximum absolute atomic E-state index is 6.16. The lowest BCUT2D eigenvalue weighted by atomic mass is 9.97. The molecule has 0 aliphatic carbocycles. The molecule has 6 heterocycles. The van der Waals surface area contributed by atoms with Gasteiger partial charge in [-0.3, -0.25) is 4.57 Å². The number of benzene rings is 13. The molecular formula is C99H95N5O3SSi. The third-order valence-electron chi connectivity index (χ3n) is 20.1. The normalized spacial score (nSPS) is 11.6. The molecule has 0 unspecified atom stereocenters. The topological polar surface area (TPSA) is 84.0 Å². The first kappa shape index (κ1) is 75.6. The zero-order valence-electron chi connectivity index (χ0n) is 65.1. The maximum Gasteiger partial charge on any atom is 0.180 e. The maximum atomic E-state index is 6.16. The van der Waals surface area contributed by atoms with Crippen LogP contribution in [-0.4, -0.2) is 59.1 Å². The Labute approximate surface area is 646 Å². The van der Waals surface area contributed by atoms with Crippen LogP contribution in [0, 0.1) is 48.5 Å². The number of hydrogen-bond donors (Lipinski definition) is 0. The van der Waals surface area contributed by atoms with Crippen LogP contribution >= 0.6 is 11.8 Å². The molecule has 0 bridgehead atoms. The highest BCUT2D eigenvalue weighted by Gasteiger charge is 2.48. The van der Waals surface area contributed by atoms with Gasteiger partial charge in [0.05, 0.1) is 22.4 Å². The van der Waals surface area contributed by atoms with E-state index < -0.39 is 8.07 Å². The molecular weight excluding hydrogens is 1370 g/mol. The van der Waals surface area contributed by atoms with Gasteiger partial charge in [0.25, 0.3) is 0 Å². The number of aromatic nitrogens is 5. The summed E-state index contributed by atoms with van der Waals surface area (Å²) in [5.41, 5.74) is 25.5. The molecule has 0 radical (unpaired) electrons. The SMILES string of the molecule is CCCC.COC.CSC.Cc1ccc2c(c1)c1c3ccccc3n(-c3ccccc3)c1n2C.Cc1ccc2oc3cc(-c4cccc(-c5ccc6oc7ccc(C)cc7c6c5)c4)ccc3c2c1.Cc1cccc([Si]2(c3cccc(C)c3)c3ccccc3-c3ccccc32)c1.Cc1nnc(C)c(-c2ccccc2)n1. The van der Waals surface area contributed by atoms with E-state index in [-0.39, 0.29) is 0 Å². The van der Waals surface area contributed by atoms with Crippen LogP contribution in [-0.2, 0) is 11.8 Å². The van der Waals surface area contributed by atoms with Gasteiger partial charge >= 0.3 is 0 Å². The van der Waals surface area contributed by atoms with Crippen LogP contribution in [0.5, 0.6) is 0 Å². The van der Waals surface area contributed by atoms with E-state index in [0.717, 1.165) is 55.6 Å². The fraction of sp³-hybridized carbons (Fsp3) is 0.162. The average Bonchev–Trinajstić information content (AvgIpc) is 1.54. The van der Waals surface area contributed by atoms with Crippen LogP contribution < -0.4 is 20.7 Å². The summed E-state index contributed by atoms with van der Waals surface area (Å²) in [5, 5.41) is 22.6. The second kappa shape index (κ2) is 34.1. The molecule has 5 aromatic heterocycles. The molecule has 544 valence electrons. The number of unbranched alkanes of at least 4 members (excludes halogenated alkanes) is 1. The minimum atomic E-state index is -2.29. The fourth-order valence-corrected chi connectivity index (χ4v) is 20.4. The van der Waals surface area contributed by atoms with Crippen LogP contribution in [0.3, 0.4) is 0 Å². The summed E-state index contributed by atoms with van der Waals surface area (Å²) in [4.78, 5) is 4.37. The standard InChI is InChI=1S/C32H22O2.C26H22Si.C22H18N2.C11H11N3.C4H10.C2H6O.C2H6S/c1-19-6-11-29-26(14-19)25-10-8-24(18-32(25)34-29)22-5-3-4-21(16-22)23-9-13-31-28(17-23)27-15-20(2)7-12-30(27)33-31;1-19-9-7-11-21(17-19)27(22-12-8-10-20(2)18-22)25-15-5-3-13-23(25)24-14-4-6-16-26(24)27;1-15-12-13-19-18(14-15)21-17-10-6-7-11-20(17)24(22(21)23(19)2)16-8-4-3-5-9-16;1-8-11(12-9(2)14-13-8)10-6-4-3-5-7-10;1-3-4-2;2*1-3-2/h3-18H,1-2H3;3-18H,1-2H3;3-14H,1-2H3;3-7H,1-2H3;3-4H2,1-2H3;2*1-2H3. The molecule has 1 aliphatic rings. The van der Waals surface area contributed by atoms with Crippen molar-refractivity contribution >= 4 is 117 Å². The van der Waals surface area contributed by atoms with E-state index in [0.29, 0.717) is 5.82 Å². The zero-order chi connectivity index (χ0) is 76.3. The van der Waals surface area contributed by atoms with E-state index in [1.165, 1.54) is 139 Å². The molecule has 0 fully saturated rings. The minimum absolute atomic E-state index is 0.703. The molecule has 8 nitrogen and oxygen atoms in total. The third-order valence-corrected chi connectivity index (χ3v) is 25.0. The first-order valence-corrected chi connectivity index (χ1v) is 41.1. The first-order chi connectivity index (χ1) is 53.1. The monoisotopic (exact) mass is 1460 g/mol. The van der Waals surface area contributed by atoms with Crippen LogP contribution in [0.4, 0.5) is 0 Å². The van der Waals surface area contributed by atoms with Gasteiger partial charge in [0.1, 0.15) is 33.8 Å². The van der Waals surface area contributed by atoms with E-state index in [4.69, 9.17) is 8.83 Å². The summed E-state index contributed by atoms with van der Waals surface area (Å²) >= 11 is 1.75. The summed E-state index contributed by atoms with van der Waals surface area (Å²) in [7, 11) is 3.13. The largest absolute Gasteiger partial charge is 0.456 e. The Morgan fingerprint density at radius 1 is 0.376 bits per heavy atom. The number of para-hydroxylation sites is 2. The van der Waals surface area contributed by atoms with E-state index in [1.807, 2.05) is 56.7 Å². The minimum Gasteiger partial charge on any atom is -0.456 e. The Balaban J connectivity index is 0.000000127. The van der Waals surface area contributed by atoms with Crippen LogP contribution in [0.2, 0.25) is 0 Å². The lowest BCUT2D eigenvalue weighted by molar-refractivity contribution is 0.277. The van der Waals surface area contributed by atoms with Gasteiger partial charge in [0.15, 0.2) is 8.07 Å². The third kappa shape index (κ3) is 15.6. The molecule has 0 atom stereocenters. The van der Waals surface area contributed by atoms with Crippen LogP contribution in [0.15, 0.2) is 306 Å². The Morgan fingerprint density at radius 3 is 1.41 bits per heavy atom. The van der Waals surface area contributed by atoms with E-state index in [9.17, 15) is 0 Å². The highest BCUT2D eigenvalue weighted by Crippen LogP contribution is 2.41. The fourth-order valence-electron chi connectivity index (χ4n) is 15.0. The van der Waals surface area contributed by atoms with Gasteiger partial charge in [-0.2, -0.15) is 16.9 Å². The van der Waals surface area contributed by atoms with Crippen molar-refractivity contribution < 1.29 is 13.6 Å². The number of nitrogens with zero attached hydrogens (tertiary/aromatic N) is 5. The second-order valence-corrected chi connectivity index (χ2v) is 32.8. The van der Waals surface area contributed by atoms with Gasteiger partial charge in [-0.1, -0.05) is 267 Å². The molecule has 1 aliphatic heterocycles. The zero-order valence-corrected chi connectivity index (χ0v) is 66.9. The summed E-state index contributed by atoms with van der Waals surface area (Å²) in [6, 6.07) is 107. The first-order valence-electron chi connectivity index (χ1n) is 37.5. The molecule has 0 saturated carbocycles. The second-order valence-electron chi connectivity index (χ2n) is 28.2. The highest BCUT2D eigenvalue weighted by molar-refractivity contribution is 7.97. The van der Waals surface area contributed by atoms with Crippen LogP contribution in [0.1, 0.15) is 66.0 Å². The lowest BCUT2D eigenvalue weighted by Gasteiger charge is -2.31. The Hall–Kier alpha value is -11.7. The highest BCUT2D eigenvalue weighted by atomic mass is 32.2. The van der Waals surface area contributed by atoms with Crippen molar-refractivity contribution in [3.63, 3.8) is 0 Å². The van der Waals surface area contributed by atoms with Crippen molar-refractivity contribution in [2.24, 2.45) is 7.05 Å². The van der Waals surface area contributed by atoms with Gasteiger partial charge in [-0.25, -0.2) is 4.98 Å². The number of methoxy groups -OCH3 is 1. The Kier molecular flexibility index (Phi) is 23.6. The van der Waals surface area contributed by atoms with Crippen molar-refractivity contribution in [3.05, 3.63) is 337 Å². The summed E-state index contributed by atoms with van der Waals surface area (Å²) in [5.74, 6) is 0.703. The van der Waals surface area contributed by atoms with Crippen LogP contribution in [0.25, 0.3) is 127 Å². The lowest BCUT2D eigenvalue weighted by Crippen LogP contribution is -2.72. The number of furan rings is 2. The smallest absolute Gasteiger partial charge is 0.180 e. The molecule has 0 spiro atoms. The molecule has 10 heteroatoms. The molecule has 109 heavy (non-hydrogen) atoms. The number of ether oxygens (including phenoxy) is 1. The molecule has 13 aromatic carbocycles. The molecule has 0 amide bonds. The predicted molar refractivity (Wildman–Crippen MR) is 470 cm³/mol. The van der Waals surface area contributed by atoms with Crippen molar-refractivity contribution in [1.29, 1.82) is 0 Å². The summed E-state index contributed by atoms with van der Waals surface area (Å²) < 4.78 is 21.2. The van der Waals surface area contributed by atoms with E-state index >= 15 is 0 Å². The Morgan fingerprint density at radius 2 is 0.826 bits per heavy atom. The summed E-state index contributed by atoms with van der Waals surface area (Å²) in [6.45, 7) is 18.9. The molecule has 19 rings (SSSR count). The van der Waals surface area contributed by atoms with E-state index in [1.54, 1.807) is 26.0 Å². The summed E-state index contributed by atoms with van der Waals surface area (Å²) in [6.07, 6.45) is 6.72. The molecule has 0 N–H and O–H groups in total. The van der Waals surface area contributed by atoms with Gasteiger partial charge < -0.3 is 18.1 Å². The molecule has 0 saturated heterocycles. The molecule has 18 aromatic rings. The quantitative estimate of drug-likeness (QED) is 0.147. The number of thioether (sulfide) groups is 1. The average molecular weight is 1460 g/mol. The van der Waals surface area contributed by atoms with Gasteiger partial charge in [0, 0.05) is 70.2 Å². The Bertz CT molecular complexity index is 6110.